The van der Waals surface area contributed by atoms with Gasteiger partial charge in [-0.05, 0) is 32.9 Å². The van der Waals surface area contributed by atoms with Crippen LogP contribution in [0.25, 0.3) is 11.3 Å². The van der Waals surface area contributed by atoms with E-state index in [4.69, 9.17) is 0 Å². The molecule has 0 aliphatic heterocycles. The van der Waals surface area contributed by atoms with E-state index in [1.165, 1.54) is 11.1 Å². The molecule has 1 aromatic heterocycles. The topological polar surface area (TPSA) is 17.8 Å². The van der Waals surface area contributed by atoms with Crippen LogP contribution in [0.3, 0.4) is 0 Å². The molecule has 2 nitrogen and oxygen atoms in total. The van der Waals surface area contributed by atoms with E-state index < -0.39 is 0 Å². The lowest BCUT2D eigenvalue weighted by Gasteiger charge is -2.04. The fourth-order valence-corrected chi connectivity index (χ4v) is 1.58. The Kier molecular flexibility index (Phi) is 2.58. The quantitative estimate of drug-likeness (QED) is 0.726. The van der Waals surface area contributed by atoms with E-state index >= 15 is 0 Å². The summed E-state index contributed by atoms with van der Waals surface area (Å²) in [6, 6.07) is 10.9. The molecule has 1 heterocycles. The van der Waals surface area contributed by atoms with Gasteiger partial charge in [0.2, 0.25) is 0 Å². The molecule has 0 aliphatic rings. The van der Waals surface area contributed by atoms with Crippen molar-refractivity contribution >= 4 is 0 Å². The van der Waals surface area contributed by atoms with Crippen LogP contribution >= 0.6 is 0 Å². The van der Waals surface area contributed by atoms with Gasteiger partial charge in [-0.3, -0.25) is 4.68 Å². The van der Waals surface area contributed by atoms with Crippen molar-refractivity contribution in [2.24, 2.45) is 0 Å². The molecule has 0 bridgehead atoms. The van der Waals surface area contributed by atoms with Crippen LogP contribution in [0.15, 0.2) is 36.5 Å². The molecule has 2 rings (SSSR count). The molecule has 0 aliphatic carbocycles. The number of hydrogen-bond donors (Lipinski definition) is 0. The predicted molar refractivity (Wildman–Crippen MR) is 62.8 cm³/mol. The minimum absolute atomic E-state index is 0.420. The summed E-state index contributed by atoms with van der Waals surface area (Å²) in [5, 5.41) is 4.54. The largest absolute Gasteiger partial charge is 0.270 e. The first-order valence-corrected chi connectivity index (χ1v) is 5.29. The second kappa shape index (κ2) is 3.89. The Morgan fingerprint density at radius 1 is 1.20 bits per heavy atom. The third-order valence-electron chi connectivity index (χ3n) is 2.45. The number of hydrogen-bond acceptors (Lipinski definition) is 1. The lowest BCUT2D eigenvalue weighted by Crippen LogP contribution is -2.00. The number of aromatic nitrogens is 2. The van der Waals surface area contributed by atoms with Gasteiger partial charge in [-0.25, -0.2) is 0 Å². The molecule has 0 unspecified atom stereocenters. The van der Waals surface area contributed by atoms with Gasteiger partial charge in [0.05, 0.1) is 5.69 Å². The van der Waals surface area contributed by atoms with Crippen LogP contribution in [0, 0.1) is 6.92 Å². The summed E-state index contributed by atoms with van der Waals surface area (Å²) in [5.41, 5.74) is 3.51. The van der Waals surface area contributed by atoms with Crippen LogP contribution < -0.4 is 0 Å². The normalized spacial score (nSPS) is 10.9. The van der Waals surface area contributed by atoms with Gasteiger partial charge in [-0.15, -0.1) is 0 Å². The molecule has 0 saturated heterocycles. The summed E-state index contributed by atoms with van der Waals surface area (Å²) in [6.45, 7) is 6.36. The van der Waals surface area contributed by atoms with Crippen molar-refractivity contribution in [2.45, 2.75) is 26.8 Å². The van der Waals surface area contributed by atoms with Crippen molar-refractivity contribution in [3.05, 3.63) is 42.1 Å². The number of nitrogens with zero attached hydrogens (tertiary/aromatic N) is 2. The fourth-order valence-electron chi connectivity index (χ4n) is 1.58. The second-order valence-corrected chi connectivity index (χ2v) is 4.14. The zero-order valence-corrected chi connectivity index (χ0v) is 9.44. The van der Waals surface area contributed by atoms with E-state index in [-0.39, 0.29) is 0 Å². The van der Waals surface area contributed by atoms with E-state index in [0.29, 0.717) is 6.04 Å². The lowest BCUT2D eigenvalue weighted by atomic mass is 10.1. The monoisotopic (exact) mass is 200 g/mol. The molecule has 2 aromatic rings. The molecule has 2 heteroatoms. The molecule has 0 atom stereocenters. The van der Waals surface area contributed by atoms with E-state index in [0.717, 1.165) is 5.69 Å². The summed E-state index contributed by atoms with van der Waals surface area (Å²) in [6.07, 6.45) is 2.03. The standard InChI is InChI=1S/C13H16N2/c1-10(2)15-8-7-13(14-15)12-6-4-5-11(3)9-12/h4-10H,1-3H3. The maximum absolute atomic E-state index is 4.54. The van der Waals surface area contributed by atoms with Gasteiger partial charge in [0.15, 0.2) is 0 Å². The van der Waals surface area contributed by atoms with Crippen molar-refractivity contribution in [1.29, 1.82) is 0 Å². The highest BCUT2D eigenvalue weighted by molar-refractivity contribution is 5.59. The SMILES string of the molecule is Cc1cccc(-c2ccn(C(C)C)n2)c1. The third kappa shape index (κ3) is 2.09. The van der Waals surface area contributed by atoms with Gasteiger partial charge in [-0.2, -0.15) is 5.10 Å². The Balaban J connectivity index is 2.37. The Morgan fingerprint density at radius 3 is 2.60 bits per heavy atom. The maximum atomic E-state index is 4.54. The van der Waals surface area contributed by atoms with Gasteiger partial charge < -0.3 is 0 Å². The molecule has 0 saturated carbocycles. The van der Waals surface area contributed by atoms with Crippen molar-refractivity contribution in [3.8, 4) is 11.3 Å². The first-order chi connectivity index (χ1) is 7.16. The van der Waals surface area contributed by atoms with E-state index in [1.54, 1.807) is 0 Å². The Labute approximate surface area is 90.6 Å². The Morgan fingerprint density at radius 2 is 2.00 bits per heavy atom. The average molecular weight is 200 g/mol. The highest BCUT2D eigenvalue weighted by atomic mass is 15.3. The highest BCUT2D eigenvalue weighted by Crippen LogP contribution is 2.19. The van der Waals surface area contributed by atoms with E-state index in [2.05, 4.69) is 56.2 Å². The van der Waals surface area contributed by atoms with Crippen molar-refractivity contribution < 1.29 is 0 Å². The third-order valence-corrected chi connectivity index (χ3v) is 2.45. The minimum Gasteiger partial charge on any atom is -0.270 e. The maximum Gasteiger partial charge on any atom is 0.0923 e. The number of aryl methyl sites for hydroxylation is 1. The van der Waals surface area contributed by atoms with Crippen molar-refractivity contribution in [1.82, 2.24) is 9.78 Å². The first-order valence-electron chi connectivity index (χ1n) is 5.29. The summed E-state index contributed by atoms with van der Waals surface area (Å²) >= 11 is 0. The molecule has 0 amide bonds. The molecular weight excluding hydrogens is 184 g/mol. The van der Waals surface area contributed by atoms with Crippen LogP contribution in [-0.2, 0) is 0 Å². The minimum atomic E-state index is 0.420. The van der Waals surface area contributed by atoms with Gasteiger partial charge in [0, 0.05) is 17.8 Å². The second-order valence-electron chi connectivity index (χ2n) is 4.14. The first kappa shape index (κ1) is 9.97. The van der Waals surface area contributed by atoms with E-state index in [9.17, 15) is 0 Å². The van der Waals surface area contributed by atoms with Gasteiger partial charge in [0.1, 0.15) is 0 Å². The Bertz CT molecular complexity index is 455. The molecule has 0 radical (unpaired) electrons. The van der Waals surface area contributed by atoms with Crippen molar-refractivity contribution in [3.63, 3.8) is 0 Å². The smallest absolute Gasteiger partial charge is 0.0923 e. The molecule has 0 N–H and O–H groups in total. The summed E-state index contributed by atoms with van der Waals surface area (Å²) in [4.78, 5) is 0. The van der Waals surface area contributed by atoms with Crippen LogP contribution in [0.2, 0.25) is 0 Å². The molecule has 15 heavy (non-hydrogen) atoms. The molecule has 0 fully saturated rings. The van der Waals surface area contributed by atoms with Crippen LogP contribution in [0.5, 0.6) is 0 Å². The van der Waals surface area contributed by atoms with Gasteiger partial charge >= 0.3 is 0 Å². The van der Waals surface area contributed by atoms with E-state index in [1.807, 2.05) is 10.9 Å². The predicted octanol–water partition coefficient (Wildman–Crippen LogP) is 3.44. The fraction of sp³-hybridized carbons (Fsp3) is 0.308. The molecular formula is C13H16N2. The Hall–Kier alpha value is -1.57. The van der Waals surface area contributed by atoms with Gasteiger partial charge in [-0.1, -0.05) is 23.8 Å². The zero-order valence-electron chi connectivity index (χ0n) is 9.44. The number of benzene rings is 1. The average Bonchev–Trinajstić information content (AvgIpc) is 2.66. The molecule has 0 spiro atoms. The zero-order chi connectivity index (χ0) is 10.8. The van der Waals surface area contributed by atoms with Crippen LogP contribution in [0.4, 0.5) is 0 Å². The summed E-state index contributed by atoms with van der Waals surface area (Å²) < 4.78 is 1.98. The molecule has 1 aromatic carbocycles. The summed E-state index contributed by atoms with van der Waals surface area (Å²) in [5.74, 6) is 0. The van der Waals surface area contributed by atoms with Gasteiger partial charge in [0.25, 0.3) is 0 Å². The van der Waals surface area contributed by atoms with Crippen molar-refractivity contribution in [2.75, 3.05) is 0 Å². The highest BCUT2D eigenvalue weighted by Gasteiger charge is 2.03. The lowest BCUT2D eigenvalue weighted by molar-refractivity contribution is 0.534. The molecule has 78 valence electrons. The van der Waals surface area contributed by atoms with Crippen LogP contribution in [-0.4, -0.2) is 9.78 Å². The number of rotatable bonds is 2. The van der Waals surface area contributed by atoms with Crippen LogP contribution in [0.1, 0.15) is 25.5 Å². The summed E-state index contributed by atoms with van der Waals surface area (Å²) in [7, 11) is 0.